The number of carbonyl (C=O) groups is 1. The minimum atomic E-state index is -0.113. The van der Waals surface area contributed by atoms with Gasteiger partial charge in [-0.25, -0.2) is 4.98 Å². The summed E-state index contributed by atoms with van der Waals surface area (Å²) in [5.74, 6) is 0.0585. The Kier molecular flexibility index (Phi) is 7.24. The first-order valence-electron chi connectivity index (χ1n) is 10.1. The number of halogens is 1. The summed E-state index contributed by atoms with van der Waals surface area (Å²) in [6, 6.07) is 11.2. The lowest BCUT2D eigenvalue weighted by atomic mass is 9.89. The minimum absolute atomic E-state index is 0.0521. The quantitative estimate of drug-likeness (QED) is 0.480. The van der Waals surface area contributed by atoms with Crippen LogP contribution in [-0.4, -0.2) is 34.0 Å². The number of pyridine rings is 1. The van der Waals surface area contributed by atoms with E-state index < -0.39 is 0 Å². The normalized spacial score (nSPS) is 16.6. The van der Waals surface area contributed by atoms with Crippen molar-refractivity contribution in [1.29, 1.82) is 0 Å². The Morgan fingerprint density at radius 1 is 1.37 bits per heavy atom. The highest BCUT2D eigenvalue weighted by atomic mass is 35.5. The van der Waals surface area contributed by atoms with E-state index in [1.165, 1.54) is 0 Å². The Labute approximate surface area is 183 Å². The second-order valence-electron chi connectivity index (χ2n) is 7.43. The van der Waals surface area contributed by atoms with E-state index in [0.29, 0.717) is 23.9 Å². The number of benzene rings is 1. The van der Waals surface area contributed by atoms with Crippen LogP contribution in [0.25, 0.3) is 5.57 Å². The van der Waals surface area contributed by atoms with E-state index in [1.54, 1.807) is 29.2 Å². The maximum Gasteiger partial charge on any atom is 0.272 e. The molecule has 1 N–H and O–H groups in total. The van der Waals surface area contributed by atoms with Crippen molar-refractivity contribution in [1.82, 2.24) is 9.88 Å². The van der Waals surface area contributed by atoms with Gasteiger partial charge in [-0.3, -0.25) is 4.79 Å². The molecule has 0 bridgehead atoms. The summed E-state index contributed by atoms with van der Waals surface area (Å²) in [5, 5.41) is 10.3. The third-order valence-corrected chi connectivity index (χ3v) is 5.78. The lowest BCUT2D eigenvalue weighted by Crippen LogP contribution is -2.29. The first-order chi connectivity index (χ1) is 14.5. The fraction of sp³-hybridized carbons (Fsp3) is 0.280. The standard InChI is InChI=1S/C25H27ClN2O2/c1-4-7-21(17(3)5-2)18-10-11-22(20(14-18)16-29)19-12-13-28(15-19)25(30)23-8-6-9-24(26)27-23/h4,6-11,14,19,29H,1,3,5,12-13,15-16H2,2H3/b21-7+. The van der Waals surface area contributed by atoms with Crippen LogP contribution in [0.15, 0.2) is 67.3 Å². The predicted molar refractivity (Wildman–Crippen MR) is 122 cm³/mol. The molecule has 156 valence electrons. The van der Waals surface area contributed by atoms with Gasteiger partial charge in [0.25, 0.3) is 5.91 Å². The van der Waals surface area contributed by atoms with Crippen LogP contribution in [0.5, 0.6) is 0 Å². The molecule has 1 aromatic carbocycles. The highest BCUT2D eigenvalue weighted by molar-refractivity contribution is 6.29. The third-order valence-electron chi connectivity index (χ3n) is 5.57. The van der Waals surface area contributed by atoms with E-state index in [0.717, 1.165) is 40.7 Å². The molecule has 1 aliphatic heterocycles. The van der Waals surface area contributed by atoms with Gasteiger partial charge in [0.2, 0.25) is 0 Å². The lowest BCUT2D eigenvalue weighted by Gasteiger charge is -2.19. The third kappa shape index (κ3) is 4.72. The molecule has 1 saturated heterocycles. The fourth-order valence-electron chi connectivity index (χ4n) is 3.92. The number of carbonyl (C=O) groups excluding carboxylic acids is 1. The van der Waals surface area contributed by atoms with Gasteiger partial charge in [0.05, 0.1) is 6.61 Å². The zero-order chi connectivity index (χ0) is 21.7. The van der Waals surface area contributed by atoms with Crippen molar-refractivity contribution >= 4 is 23.1 Å². The molecule has 0 aliphatic carbocycles. The van der Waals surface area contributed by atoms with Crippen molar-refractivity contribution in [3.8, 4) is 0 Å². The van der Waals surface area contributed by atoms with Gasteiger partial charge in [0.15, 0.2) is 0 Å². The van der Waals surface area contributed by atoms with Gasteiger partial charge < -0.3 is 10.0 Å². The number of nitrogens with zero attached hydrogens (tertiary/aromatic N) is 2. The molecule has 1 aromatic heterocycles. The van der Waals surface area contributed by atoms with Crippen LogP contribution in [-0.2, 0) is 6.61 Å². The number of likely N-dealkylation sites (tertiary alicyclic amines) is 1. The Morgan fingerprint density at radius 3 is 2.83 bits per heavy atom. The second-order valence-corrected chi connectivity index (χ2v) is 7.81. The van der Waals surface area contributed by atoms with Crippen LogP contribution in [0.1, 0.15) is 52.9 Å². The first kappa shape index (κ1) is 22.0. The number of aliphatic hydroxyl groups is 1. The van der Waals surface area contributed by atoms with Crippen molar-refractivity contribution in [2.24, 2.45) is 0 Å². The Bertz CT molecular complexity index is 996. The van der Waals surface area contributed by atoms with Crippen molar-refractivity contribution in [3.05, 3.63) is 94.8 Å². The molecule has 4 nitrogen and oxygen atoms in total. The first-order valence-corrected chi connectivity index (χ1v) is 10.5. The average molecular weight is 423 g/mol. The van der Waals surface area contributed by atoms with E-state index in [-0.39, 0.29) is 18.4 Å². The molecule has 1 aliphatic rings. The molecule has 1 atom stereocenters. The van der Waals surface area contributed by atoms with E-state index in [2.05, 4.69) is 37.2 Å². The van der Waals surface area contributed by atoms with Gasteiger partial charge >= 0.3 is 0 Å². The van der Waals surface area contributed by atoms with Crippen LogP contribution in [0.2, 0.25) is 5.15 Å². The molecule has 1 amide bonds. The Hall–Kier alpha value is -2.69. The molecule has 0 radical (unpaired) electrons. The van der Waals surface area contributed by atoms with Crippen LogP contribution >= 0.6 is 11.6 Å². The van der Waals surface area contributed by atoms with Crippen LogP contribution < -0.4 is 0 Å². The highest BCUT2D eigenvalue weighted by Gasteiger charge is 2.30. The van der Waals surface area contributed by atoms with Gasteiger partial charge in [0.1, 0.15) is 10.8 Å². The molecule has 0 saturated carbocycles. The fourth-order valence-corrected chi connectivity index (χ4v) is 4.09. The van der Waals surface area contributed by atoms with Crippen LogP contribution in [0, 0.1) is 0 Å². The van der Waals surface area contributed by atoms with Crippen molar-refractivity contribution in [3.63, 3.8) is 0 Å². The minimum Gasteiger partial charge on any atom is -0.392 e. The number of hydrogen-bond acceptors (Lipinski definition) is 3. The summed E-state index contributed by atoms with van der Waals surface area (Å²) in [7, 11) is 0. The van der Waals surface area contributed by atoms with Gasteiger partial charge in [-0.2, -0.15) is 0 Å². The van der Waals surface area contributed by atoms with Gasteiger partial charge in [-0.1, -0.05) is 62.0 Å². The van der Waals surface area contributed by atoms with Gasteiger partial charge in [-0.15, -0.1) is 0 Å². The van der Waals surface area contributed by atoms with Crippen molar-refractivity contribution < 1.29 is 9.90 Å². The van der Waals surface area contributed by atoms with E-state index >= 15 is 0 Å². The molecule has 1 fully saturated rings. The number of aliphatic hydroxyl groups excluding tert-OH is 1. The van der Waals surface area contributed by atoms with Crippen LogP contribution in [0.4, 0.5) is 0 Å². The lowest BCUT2D eigenvalue weighted by molar-refractivity contribution is 0.0785. The van der Waals surface area contributed by atoms with Crippen molar-refractivity contribution in [2.75, 3.05) is 13.1 Å². The predicted octanol–water partition coefficient (Wildman–Crippen LogP) is 5.39. The molecule has 30 heavy (non-hydrogen) atoms. The van der Waals surface area contributed by atoms with E-state index in [1.807, 2.05) is 12.1 Å². The smallest absolute Gasteiger partial charge is 0.272 e. The summed E-state index contributed by atoms with van der Waals surface area (Å²) in [5.41, 5.74) is 5.39. The maximum absolute atomic E-state index is 12.8. The number of aromatic nitrogens is 1. The molecule has 0 spiro atoms. The van der Waals surface area contributed by atoms with Crippen LogP contribution in [0.3, 0.4) is 0 Å². The molecule has 5 heteroatoms. The monoisotopic (exact) mass is 422 g/mol. The summed E-state index contributed by atoms with van der Waals surface area (Å²) in [4.78, 5) is 18.7. The molecule has 3 rings (SSSR count). The summed E-state index contributed by atoms with van der Waals surface area (Å²) in [6.45, 7) is 11.2. The molecular formula is C25H27ClN2O2. The number of hydrogen-bond donors (Lipinski definition) is 1. The summed E-state index contributed by atoms with van der Waals surface area (Å²) in [6.07, 6.45) is 5.39. The van der Waals surface area contributed by atoms with Gasteiger partial charge in [-0.05, 0) is 58.9 Å². The van der Waals surface area contributed by atoms with Gasteiger partial charge in [0, 0.05) is 19.0 Å². The van der Waals surface area contributed by atoms with Crippen molar-refractivity contribution in [2.45, 2.75) is 32.3 Å². The highest BCUT2D eigenvalue weighted by Crippen LogP contribution is 2.33. The molecule has 2 aromatic rings. The van der Waals surface area contributed by atoms with E-state index in [4.69, 9.17) is 11.6 Å². The number of rotatable bonds is 7. The Balaban J connectivity index is 1.83. The van der Waals surface area contributed by atoms with E-state index in [9.17, 15) is 9.90 Å². The number of amides is 1. The zero-order valence-corrected chi connectivity index (χ0v) is 18.0. The summed E-state index contributed by atoms with van der Waals surface area (Å²) >= 11 is 5.93. The molecular weight excluding hydrogens is 396 g/mol. The molecule has 2 heterocycles. The largest absolute Gasteiger partial charge is 0.392 e. The average Bonchev–Trinajstić information content (AvgIpc) is 3.26. The number of allylic oxidation sites excluding steroid dienone is 4. The Morgan fingerprint density at radius 2 is 2.17 bits per heavy atom. The maximum atomic E-state index is 12.8. The molecule has 1 unspecified atom stereocenters. The second kappa shape index (κ2) is 9.88. The summed E-state index contributed by atoms with van der Waals surface area (Å²) < 4.78 is 0. The zero-order valence-electron chi connectivity index (χ0n) is 17.3. The SMILES string of the molecule is C=C/C=C(\C(=C)CC)c1ccc(C2CCN(C(=O)c3cccc(Cl)n3)C2)c(CO)c1. The topological polar surface area (TPSA) is 53.4 Å².